The Kier molecular flexibility index (Phi) is 6.01. The molecule has 1 amide bonds. The SMILES string of the molecule is CNCCC1CCN(C(=O)CN2CCS(=O)(=O)CC2)CC1. The summed E-state index contributed by atoms with van der Waals surface area (Å²) in [4.78, 5) is 16.2. The lowest BCUT2D eigenvalue weighted by Crippen LogP contribution is -2.48. The minimum absolute atomic E-state index is 0.154. The van der Waals surface area contributed by atoms with Crippen molar-refractivity contribution in [3.05, 3.63) is 0 Å². The minimum Gasteiger partial charge on any atom is -0.342 e. The number of sulfone groups is 1. The Hall–Kier alpha value is -0.660. The van der Waals surface area contributed by atoms with Gasteiger partial charge in [0.05, 0.1) is 18.1 Å². The molecule has 0 atom stereocenters. The standard InChI is InChI=1S/C14H27N3O3S/c1-15-5-2-13-3-6-17(7-4-13)14(18)12-16-8-10-21(19,20)11-9-16/h13,15H,2-12H2,1H3. The summed E-state index contributed by atoms with van der Waals surface area (Å²) >= 11 is 0. The third-order valence-electron chi connectivity index (χ3n) is 4.57. The molecule has 0 aromatic rings. The first kappa shape index (κ1) is 16.7. The molecule has 6 nitrogen and oxygen atoms in total. The van der Waals surface area contributed by atoms with Gasteiger partial charge in [-0.15, -0.1) is 0 Å². The highest BCUT2D eigenvalue weighted by Gasteiger charge is 2.27. The topological polar surface area (TPSA) is 69.7 Å². The number of carbonyl (C=O) groups excluding carboxylic acids is 1. The van der Waals surface area contributed by atoms with E-state index in [2.05, 4.69) is 5.32 Å². The summed E-state index contributed by atoms with van der Waals surface area (Å²) in [5.41, 5.74) is 0. The molecular formula is C14H27N3O3S. The molecule has 2 aliphatic rings. The van der Waals surface area contributed by atoms with Crippen LogP contribution in [-0.4, -0.2) is 81.9 Å². The second-order valence-corrected chi connectivity index (χ2v) is 8.45. The second-order valence-electron chi connectivity index (χ2n) is 6.14. The van der Waals surface area contributed by atoms with Crippen LogP contribution in [0.2, 0.25) is 0 Å². The van der Waals surface area contributed by atoms with Crippen molar-refractivity contribution in [1.82, 2.24) is 15.1 Å². The molecule has 0 spiro atoms. The molecule has 2 heterocycles. The first-order valence-corrected chi connectivity index (χ1v) is 9.67. The molecule has 0 saturated carbocycles. The Morgan fingerprint density at radius 3 is 2.33 bits per heavy atom. The van der Waals surface area contributed by atoms with Crippen LogP contribution < -0.4 is 5.32 Å². The fraction of sp³-hybridized carbons (Fsp3) is 0.929. The number of nitrogens with one attached hydrogen (secondary N) is 1. The Bertz CT molecular complexity index is 430. The second kappa shape index (κ2) is 7.56. The van der Waals surface area contributed by atoms with E-state index in [1.165, 1.54) is 6.42 Å². The monoisotopic (exact) mass is 317 g/mol. The van der Waals surface area contributed by atoms with E-state index >= 15 is 0 Å². The van der Waals surface area contributed by atoms with Crippen LogP contribution in [0, 0.1) is 5.92 Å². The van der Waals surface area contributed by atoms with Gasteiger partial charge in [0.1, 0.15) is 0 Å². The molecule has 122 valence electrons. The Morgan fingerprint density at radius 2 is 1.76 bits per heavy atom. The van der Waals surface area contributed by atoms with Crippen LogP contribution in [-0.2, 0) is 14.6 Å². The molecular weight excluding hydrogens is 290 g/mol. The Morgan fingerprint density at radius 1 is 1.14 bits per heavy atom. The predicted molar refractivity (Wildman–Crippen MR) is 82.9 cm³/mol. The summed E-state index contributed by atoms with van der Waals surface area (Å²) in [5.74, 6) is 1.25. The first-order valence-electron chi connectivity index (χ1n) is 7.85. The van der Waals surface area contributed by atoms with Gasteiger partial charge in [0.15, 0.2) is 9.84 Å². The van der Waals surface area contributed by atoms with Crippen molar-refractivity contribution in [3.8, 4) is 0 Å². The van der Waals surface area contributed by atoms with Crippen molar-refractivity contribution in [1.29, 1.82) is 0 Å². The fourth-order valence-corrected chi connectivity index (χ4v) is 4.30. The largest absolute Gasteiger partial charge is 0.342 e. The number of rotatable bonds is 5. The molecule has 0 bridgehead atoms. The molecule has 21 heavy (non-hydrogen) atoms. The van der Waals surface area contributed by atoms with E-state index in [0.29, 0.717) is 19.6 Å². The highest BCUT2D eigenvalue weighted by Crippen LogP contribution is 2.20. The molecule has 2 rings (SSSR count). The van der Waals surface area contributed by atoms with Crippen LogP contribution in [0.3, 0.4) is 0 Å². The average molecular weight is 317 g/mol. The first-order chi connectivity index (χ1) is 10.00. The number of piperidine rings is 1. The molecule has 2 fully saturated rings. The molecule has 0 radical (unpaired) electrons. The molecule has 2 aliphatic heterocycles. The average Bonchev–Trinajstić information content (AvgIpc) is 2.48. The molecule has 0 aromatic heterocycles. The van der Waals surface area contributed by atoms with Gasteiger partial charge in [0.25, 0.3) is 0 Å². The van der Waals surface area contributed by atoms with E-state index in [-0.39, 0.29) is 17.4 Å². The van der Waals surface area contributed by atoms with E-state index in [1.807, 2.05) is 16.8 Å². The van der Waals surface area contributed by atoms with E-state index in [4.69, 9.17) is 0 Å². The highest BCUT2D eigenvalue weighted by molar-refractivity contribution is 7.91. The van der Waals surface area contributed by atoms with Crippen molar-refractivity contribution >= 4 is 15.7 Å². The number of likely N-dealkylation sites (tertiary alicyclic amines) is 1. The van der Waals surface area contributed by atoms with Gasteiger partial charge in [0.2, 0.25) is 5.91 Å². The molecule has 0 aromatic carbocycles. The summed E-state index contributed by atoms with van der Waals surface area (Å²) in [5, 5.41) is 3.17. The van der Waals surface area contributed by atoms with Crippen LogP contribution in [0.5, 0.6) is 0 Å². The van der Waals surface area contributed by atoms with Crippen molar-refractivity contribution in [2.45, 2.75) is 19.3 Å². The summed E-state index contributed by atoms with van der Waals surface area (Å²) in [6.45, 7) is 4.09. The van der Waals surface area contributed by atoms with Gasteiger partial charge in [-0.3, -0.25) is 9.69 Å². The summed E-state index contributed by atoms with van der Waals surface area (Å²) in [7, 11) is -0.895. The van der Waals surface area contributed by atoms with Crippen molar-refractivity contribution in [3.63, 3.8) is 0 Å². The smallest absolute Gasteiger partial charge is 0.236 e. The fourth-order valence-electron chi connectivity index (χ4n) is 3.02. The van der Waals surface area contributed by atoms with Crippen molar-refractivity contribution in [2.75, 3.05) is 57.8 Å². The predicted octanol–water partition coefficient (Wildman–Crippen LogP) is -0.435. The lowest BCUT2D eigenvalue weighted by molar-refractivity contribution is -0.133. The zero-order valence-corrected chi connectivity index (χ0v) is 13.7. The van der Waals surface area contributed by atoms with Gasteiger partial charge in [-0.25, -0.2) is 8.42 Å². The lowest BCUT2D eigenvalue weighted by atomic mass is 9.93. The molecule has 1 N–H and O–H groups in total. The normalized spacial score (nSPS) is 24.1. The van der Waals surface area contributed by atoms with Crippen LogP contribution in [0.25, 0.3) is 0 Å². The van der Waals surface area contributed by atoms with Gasteiger partial charge in [0, 0.05) is 26.2 Å². The zero-order valence-electron chi connectivity index (χ0n) is 12.9. The van der Waals surface area contributed by atoms with Crippen LogP contribution >= 0.6 is 0 Å². The van der Waals surface area contributed by atoms with E-state index in [0.717, 1.165) is 38.4 Å². The van der Waals surface area contributed by atoms with Crippen LogP contribution in [0.1, 0.15) is 19.3 Å². The number of nitrogens with zero attached hydrogens (tertiary/aromatic N) is 2. The summed E-state index contributed by atoms with van der Waals surface area (Å²) in [6.07, 6.45) is 3.35. The molecule has 7 heteroatoms. The van der Waals surface area contributed by atoms with Gasteiger partial charge in [-0.05, 0) is 38.8 Å². The van der Waals surface area contributed by atoms with Gasteiger partial charge in [-0.2, -0.15) is 0 Å². The third kappa shape index (κ3) is 5.23. The lowest BCUT2D eigenvalue weighted by Gasteiger charge is -2.34. The molecule has 0 unspecified atom stereocenters. The maximum atomic E-state index is 12.3. The number of amides is 1. The maximum Gasteiger partial charge on any atom is 0.236 e. The summed E-state index contributed by atoms with van der Waals surface area (Å²) < 4.78 is 22.8. The zero-order chi connectivity index (χ0) is 15.3. The maximum absolute atomic E-state index is 12.3. The number of carbonyl (C=O) groups is 1. The van der Waals surface area contributed by atoms with E-state index in [1.54, 1.807) is 0 Å². The number of hydrogen-bond acceptors (Lipinski definition) is 5. The Labute approximate surface area is 127 Å². The minimum atomic E-state index is -2.86. The Balaban J connectivity index is 1.70. The van der Waals surface area contributed by atoms with Crippen molar-refractivity contribution in [2.24, 2.45) is 5.92 Å². The van der Waals surface area contributed by atoms with Gasteiger partial charge in [-0.1, -0.05) is 0 Å². The van der Waals surface area contributed by atoms with Gasteiger partial charge < -0.3 is 10.2 Å². The highest BCUT2D eigenvalue weighted by atomic mass is 32.2. The van der Waals surface area contributed by atoms with E-state index < -0.39 is 9.84 Å². The van der Waals surface area contributed by atoms with Gasteiger partial charge >= 0.3 is 0 Å². The third-order valence-corrected chi connectivity index (χ3v) is 6.17. The molecule has 0 aliphatic carbocycles. The van der Waals surface area contributed by atoms with Crippen LogP contribution in [0.15, 0.2) is 0 Å². The quantitative estimate of drug-likeness (QED) is 0.745. The van der Waals surface area contributed by atoms with E-state index in [9.17, 15) is 13.2 Å². The molecule has 2 saturated heterocycles. The summed E-state index contributed by atoms with van der Waals surface area (Å²) in [6, 6.07) is 0. The van der Waals surface area contributed by atoms with Crippen molar-refractivity contribution < 1.29 is 13.2 Å². The van der Waals surface area contributed by atoms with Crippen LogP contribution in [0.4, 0.5) is 0 Å². The number of hydrogen-bond donors (Lipinski definition) is 1.